The first kappa shape index (κ1) is 33.2. The molecule has 0 unspecified atom stereocenters. The zero-order valence-electron chi connectivity index (χ0n) is 24.1. The lowest BCUT2D eigenvalue weighted by Gasteiger charge is -2.31. The van der Waals surface area contributed by atoms with E-state index in [4.69, 9.17) is 23.3 Å². The summed E-state index contributed by atoms with van der Waals surface area (Å²) >= 11 is 0. The second kappa shape index (κ2) is 15.1. The Morgan fingerprint density at radius 2 is 1.62 bits per heavy atom. The van der Waals surface area contributed by atoms with Gasteiger partial charge in [-0.3, -0.25) is 14.7 Å². The fourth-order valence-electron chi connectivity index (χ4n) is 3.85. The van der Waals surface area contributed by atoms with E-state index in [1.54, 1.807) is 27.7 Å². The number of alkyl carbamates (subject to hydrolysis) is 1. The molecule has 0 aliphatic rings. The van der Waals surface area contributed by atoms with Gasteiger partial charge in [-0.1, -0.05) is 44.2 Å². The van der Waals surface area contributed by atoms with Crippen molar-refractivity contribution < 1.29 is 37.5 Å². The first-order valence-electron chi connectivity index (χ1n) is 13.1. The summed E-state index contributed by atoms with van der Waals surface area (Å²) in [6, 6.07) is 13.8. The first-order chi connectivity index (χ1) is 18.8. The van der Waals surface area contributed by atoms with Gasteiger partial charge in [-0.2, -0.15) is 0 Å². The third-order valence-electron chi connectivity index (χ3n) is 5.52. The van der Waals surface area contributed by atoms with E-state index in [2.05, 4.69) is 5.32 Å². The van der Waals surface area contributed by atoms with Gasteiger partial charge in [-0.15, -0.1) is 0 Å². The first-order valence-corrected chi connectivity index (χ1v) is 14.9. The van der Waals surface area contributed by atoms with E-state index in [0.717, 1.165) is 5.56 Å². The molecule has 0 fully saturated rings. The Hall–Kier alpha value is -2.98. The highest BCUT2D eigenvalue weighted by Crippen LogP contribution is 2.52. The maximum Gasteiger partial charge on any atom is 0.407 e. The Bertz CT molecular complexity index is 1150. The number of carbonyl (C=O) groups is 1. The van der Waals surface area contributed by atoms with Gasteiger partial charge in [-0.05, 0) is 50.8 Å². The molecule has 0 aromatic heterocycles. The molecule has 2 rings (SSSR count). The number of nitrogens with one attached hydrogen (secondary N) is 1. The van der Waals surface area contributed by atoms with Crippen LogP contribution in [0.2, 0.25) is 0 Å². The van der Waals surface area contributed by atoms with Crippen LogP contribution in [0.3, 0.4) is 0 Å². The minimum Gasteiger partial charge on any atom is -0.489 e. The number of benzene rings is 2. The Balaban J connectivity index is 1.91. The van der Waals surface area contributed by atoms with Crippen molar-refractivity contribution in [2.75, 3.05) is 32.6 Å². The lowest BCUT2D eigenvalue weighted by molar-refractivity contribution is -0.385. The molecule has 222 valence electrons. The quantitative estimate of drug-likeness (QED) is 0.127. The van der Waals surface area contributed by atoms with E-state index in [9.17, 15) is 19.5 Å². The highest BCUT2D eigenvalue weighted by Gasteiger charge is 2.34. The number of amides is 1. The number of carbonyl (C=O) groups excluding carboxylic acids is 1. The van der Waals surface area contributed by atoms with Crippen LogP contribution in [0.4, 0.5) is 10.5 Å². The van der Waals surface area contributed by atoms with Crippen LogP contribution in [0.25, 0.3) is 0 Å². The molecule has 0 atom stereocenters. The number of ether oxygens (including phenoxy) is 3. The molecule has 0 bridgehead atoms. The predicted octanol–water partition coefficient (Wildman–Crippen LogP) is 6.49. The number of nitrogens with zero attached hydrogens (tertiary/aromatic N) is 1. The summed E-state index contributed by atoms with van der Waals surface area (Å²) in [5.74, 6) is 0.419. The molecule has 0 heterocycles. The van der Waals surface area contributed by atoms with Crippen molar-refractivity contribution in [3.05, 3.63) is 69.8 Å². The van der Waals surface area contributed by atoms with E-state index in [1.165, 1.54) is 18.2 Å². The molecule has 12 heteroatoms. The molecule has 1 amide bonds. The molecule has 0 aliphatic heterocycles. The fourth-order valence-corrected chi connectivity index (χ4v) is 6.04. The lowest BCUT2D eigenvalue weighted by Crippen LogP contribution is -2.47. The van der Waals surface area contributed by atoms with Crippen LogP contribution in [0, 0.1) is 15.5 Å². The van der Waals surface area contributed by atoms with Crippen LogP contribution < -0.4 is 10.1 Å². The molecule has 1 N–H and O–H groups in total. The summed E-state index contributed by atoms with van der Waals surface area (Å²) in [5.41, 5.74) is -0.356. The van der Waals surface area contributed by atoms with E-state index in [0.29, 0.717) is 12.4 Å². The smallest absolute Gasteiger partial charge is 0.407 e. The summed E-state index contributed by atoms with van der Waals surface area (Å²) < 4.78 is 40.6. The van der Waals surface area contributed by atoms with Crippen molar-refractivity contribution >= 4 is 19.4 Å². The highest BCUT2D eigenvalue weighted by atomic mass is 31.2. The second-order valence-corrected chi connectivity index (χ2v) is 12.7. The van der Waals surface area contributed by atoms with Gasteiger partial charge in [0.1, 0.15) is 19.0 Å². The lowest BCUT2D eigenvalue weighted by atomic mass is 9.98. The fraction of sp³-hybridized carbons (Fsp3) is 0.536. The van der Waals surface area contributed by atoms with Crippen LogP contribution in [0.1, 0.15) is 52.7 Å². The molecular weight excluding hydrogens is 539 g/mol. The summed E-state index contributed by atoms with van der Waals surface area (Å²) in [4.78, 5) is 23.5. The standard InChI is InChI=1S/C28H41N2O9P/c1-7-38-40(34,39-8-2)21-27(3,4)19-35-20-28(5,6)29-26(31)37-18-23-16-24(14-15-25(23)30(32)33)36-17-22-12-10-9-11-13-22/h9-16H,7-8,17-21H2,1-6H3,(H,29,31). The van der Waals surface area contributed by atoms with Crippen molar-refractivity contribution in [3.8, 4) is 5.75 Å². The number of nitro benzene ring substituents is 1. The van der Waals surface area contributed by atoms with Gasteiger partial charge in [0.05, 0.1) is 48.6 Å². The van der Waals surface area contributed by atoms with Crippen LogP contribution in [-0.4, -0.2) is 49.1 Å². The number of hydrogen-bond donors (Lipinski definition) is 1. The predicted molar refractivity (Wildman–Crippen MR) is 152 cm³/mol. The summed E-state index contributed by atoms with van der Waals surface area (Å²) in [7, 11) is -3.24. The van der Waals surface area contributed by atoms with Crippen molar-refractivity contribution in [2.24, 2.45) is 5.41 Å². The monoisotopic (exact) mass is 580 g/mol. The van der Waals surface area contributed by atoms with E-state index in [1.807, 2.05) is 44.2 Å². The number of nitro groups is 1. The van der Waals surface area contributed by atoms with Gasteiger partial charge < -0.3 is 28.6 Å². The molecule has 0 saturated carbocycles. The van der Waals surface area contributed by atoms with Crippen molar-refractivity contribution in [1.82, 2.24) is 5.32 Å². The molecule has 2 aromatic rings. The van der Waals surface area contributed by atoms with E-state index < -0.39 is 29.6 Å². The Kier molecular flexibility index (Phi) is 12.6. The largest absolute Gasteiger partial charge is 0.489 e. The van der Waals surface area contributed by atoms with E-state index in [-0.39, 0.29) is 50.4 Å². The third kappa shape index (κ3) is 11.6. The number of rotatable bonds is 17. The zero-order chi connectivity index (χ0) is 29.8. The maximum atomic E-state index is 12.9. The van der Waals surface area contributed by atoms with Gasteiger partial charge in [0, 0.05) is 6.07 Å². The molecule has 40 heavy (non-hydrogen) atoms. The normalized spacial score (nSPS) is 12.2. The van der Waals surface area contributed by atoms with Gasteiger partial charge in [0.25, 0.3) is 5.69 Å². The van der Waals surface area contributed by atoms with E-state index >= 15 is 0 Å². The zero-order valence-corrected chi connectivity index (χ0v) is 25.0. The van der Waals surface area contributed by atoms with Gasteiger partial charge in [-0.25, -0.2) is 4.79 Å². The van der Waals surface area contributed by atoms with Gasteiger partial charge in [0.2, 0.25) is 0 Å². The van der Waals surface area contributed by atoms with Crippen molar-refractivity contribution in [2.45, 2.75) is 60.3 Å². The van der Waals surface area contributed by atoms with Crippen LogP contribution >= 0.6 is 7.60 Å². The SMILES string of the molecule is CCOP(=O)(CC(C)(C)COCC(C)(C)NC(=O)OCc1cc(OCc2ccccc2)ccc1[N+](=O)[O-])OCC. The maximum absolute atomic E-state index is 12.9. The Labute approximate surface area is 236 Å². The van der Waals surface area contributed by atoms with Gasteiger partial charge >= 0.3 is 13.7 Å². The molecule has 2 aromatic carbocycles. The summed E-state index contributed by atoms with van der Waals surface area (Å²) in [6.07, 6.45) is -0.570. The summed E-state index contributed by atoms with van der Waals surface area (Å²) in [5, 5.41) is 14.2. The highest BCUT2D eigenvalue weighted by molar-refractivity contribution is 7.53. The van der Waals surface area contributed by atoms with Crippen molar-refractivity contribution in [3.63, 3.8) is 0 Å². The number of hydrogen-bond acceptors (Lipinski definition) is 9. The minimum absolute atomic E-state index is 0.141. The van der Waals surface area contributed by atoms with Crippen LogP contribution in [-0.2, 0) is 36.3 Å². The van der Waals surface area contributed by atoms with Crippen LogP contribution in [0.5, 0.6) is 5.75 Å². The van der Waals surface area contributed by atoms with Gasteiger partial charge in [0.15, 0.2) is 0 Å². The molecule has 11 nitrogen and oxygen atoms in total. The Morgan fingerprint density at radius 1 is 0.975 bits per heavy atom. The molecule has 0 radical (unpaired) electrons. The van der Waals surface area contributed by atoms with Crippen LogP contribution in [0.15, 0.2) is 48.5 Å². The molecule has 0 spiro atoms. The minimum atomic E-state index is -3.24. The van der Waals surface area contributed by atoms with Crippen molar-refractivity contribution in [1.29, 1.82) is 0 Å². The Morgan fingerprint density at radius 3 is 2.23 bits per heavy atom. The molecular formula is C28H41N2O9P. The molecule has 0 aliphatic carbocycles. The third-order valence-corrected chi connectivity index (χ3v) is 8.07. The topological polar surface area (TPSA) is 135 Å². The average Bonchev–Trinajstić information content (AvgIpc) is 2.86. The summed E-state index contributed by atoms with van der Waals surface area (Å²) in [6.45, 7) is 11.8. The average molecular weight is 581 g/mol. The molecule has 0 saturated heterocycles. The second-order valence-electron chi connectivity index (χ2n) is 10.7.